The molecule has 0 spiro atoms. The summed E-state index contributed by atoms with van der Waals surface area (Å²) in [5.74, 6) is -2.36. The maximum absolute atomic E-state index is 14.0. The number of likely N-dealkylation sites (N-methyl/N-ethyl adjacent to an activating group) is 1. The molecule has 3 rings (SSSR count). The molecule has 0 radical (unpaired) electrons. The normalized spacial score (nSPS) is 11.8. The van der Waals surface area contributed by atoms with Gasteiger partial charge in [0.15, 0.2) is 0 Å². The van der Waals surface area contributed by atoms with Crippen LogP contribution >= 0.6 is 0 Å². The molecular formula is C27H32FN3O6. The molecule has 1 heterocycles. The molecule has 1 aromatic heterocycles. The molecule has 0 amide bonds. The summed E-state index contributed by atoms with van der Waals surface area (Å²) in [6, 6.07) is 14.6. The van der Waals surface area contributed by atoms with Crippen molar-refractivity contribution in [2.75, 3.05) is 20.2 Å². The Balaban J connectivity index is 0.000000521. The quantitative estimate of drug-likeness (QED) is 0.352. The summed E-state index contributed by atoms with van der Waals surface area (Å²) in [4.78, 5) is 21.2. The Morgan fingerprint density at radius 2 is 1.73 bits per heavy atom. The molecule has 0 saturated heterocycles. The summed E-state index contributed by atoms with van der Waals surface area (Å²) < 4.78 is 21.2. The monoisotopic (exact) mass is 513 g/mol. The van der Waals surface area contributed by atoms with Crippen LogP contribution in [0.25, 0.3) is 11.3 Å². The van der Waals surface area contributed by atoms with E-state index >= 15 is 0 Å². The van der Waals surface area contributed by atoms with Crippen LogP contribution in [0.3, 0.4) is 0 Å². The molecule has 0 fully saturated rings. The van der Waals surface area contributed by atoms with Gasteiger partial charge < -0.3 is 20.1 Å². The first kappa shape index (κ1) is 29.2. The van der Waals surface area contributed by atoms with Crippen molar-refractivity contribution in [3.63, 3.8) is 0 Å². The number of rotatable bonds is 10. The number of carboxylic acid groups (broad SMARTS) is 2. The number of aryl methyl sites for hydroxylation is 3. The van der Waals surface area contributed by atoms with E-state index < -0.39 is 18.0 Å². The van der Waals surface area contributed by atoms with Crippen molar-refractivity contribution < 1.29 is 34.0 Å². The van der Waals surface area contributed by atoms with E-state index in [0.29, 0.717) is 35.8 Å². The minimum atomic E-state index is -1.26. The summed E-state index contributed by atoms with van der Waals surface area (Å²) >= 11 is 0. The van der Waals surface area contributed by atoms with Gasteiger partial charge in [0.25, 0.3) is 0 Å². The number of halogens is 1. The van der Waals surface area contributed by atoms with E-state index in [1.165, 1.54) is 22.8 Å². The average molecular weight is 514 g/mol. The maximum atomic E-state index is 14.0. The van der Waals surface area contributed by atoms with Gasteiger partial charge in [-0.15, -0.1) is 0 Å². The molecule has 198 valence electrons. The predicted octanol–water partition coefficient (Wildman–Crippen LogP) is 3.43. The van der Waals surface area contributed by atoms with Gasteiger partial charge in [0, 0.05) is 43.9 Å². The van der Waals surface area contributed by atoms with Gasteiger partial charge in [-0.25, -0.2) is 18.7 Å². The van der Waals surface area contributed by atoms with Crippen LogP contribution in [0.1, 0.15) is 16.7 Å². The molecule has 0 aliphatic heterocycles. The van der Waals surface area contributed by atoms with E-state index in [1.807, 2.05) is 7.05 Å². The number of nitrogens with zero attached hydrogens (tertiary/aromatic N) is 3. The first-order chi connectivity index (χ1) is 17.5. The van der Waals surface area contributed by atoms with Crippen molar-refractivity contribution in [2.45, 2.75) is 26.5 Å². The smallest absolute Gasteiger partial charge is 0.328 e. The second-order valence-electron chi connectivity index (χ2n) is 8.56. The van der Waals surface area contributed by atoms with Crippen LogP contribution in [0.5, 0.6) is 5.88 Å². The van der Waals surface area contributed by atoms with E-state index in [4.69, 9.17) is 14.9 Å². The summed E-state index contributed by atoms with van der Waals surface area (Å²) in [7, 11) is 3.71. The number of aromatic nitrogens is 2. The highest BCUT2D eigenvalue weighted by Gasteiger charge is 2.14. The van der Waals surface area contributed by atoms with Crippen LogP contribution in [0.2, 0.25) is 0 Å². The van der Waals surface area contributed by atoms with Crippen LogP contribution in [0.4, 0.5) is 4.39 Å². The molecule has 10 heteroatoms. The molecule has 3 N–H and O–H groups in total. The Kier molecular flexibility index (Phi) is 11.0. The number of hydrogen-bond donors (Lipinski definition) is 3. The molecule has 9 nitrogen and oxygen atoms in total. The Morgan fingerprint density at radius 3 is 2.32 bits per heavy atom. The third-order valence-corrected chi connectivity index (χ3v) is 5.33. The number of carboxylic acids is 2. The van der Waals surface area contributed by atoms with Crippen molar-refractivity contribution in [1.29, 1.82) is 0 Å². The lowest BCUT2D eigenvalue weighted by molar-refractivity contribution is -0.134. The van der Waals surface area contributed by atoms with Gasteiger partial charge in [0.2, 0.25) is 5.88 Å². The summed E-state index contributed by atoms with van der Waals surface area (Å²) in [5.41, 5.74) is 4.68. The molecule has 0 aliphatic rings. The third-order valence-electron chi connectivity index (χ3n) is 5.33. The first-order valence-corrected chi connectivity index (χ1v) is 11.4. The molecule has 1 unspecified atom stereocenters. The molecule has 0 saturated carbocycles. The molecule has 1 atom stereocenters. The van der Waals surface area contributed by atoms with E-state index in [2.05, 4.69) is 42.0 Å². The molecule has 2 aromatic carbocycles. The zero-order chi connectivity index (χ0) is 27.5. The highest BCUT2D eigenvalue weighted by molar-refractivity contribution is 5.89. The first-order valence-electron chi connectivity index (χ1n) is 11.4. The van der Waals surface area contributed by atoms with Crippen LogP contribution in [-0.4, -0.2) is 68.2 Å². The summed E-state index contributed by atoms with van der Waals surface area (Å²) in [5, 5.41) is 30.3. The van der Waals surface area contributed by atoms with Crippen molar-refractivity contribution >= 4 is 11.9 Å². The molecule has 0 bridgehead atoms. The van der Waals surface area contributed by atoms with Gasteiger partial charge in [-0.05, 0) is 49.7 Å². The molecule has 0 aliphatic carbocycles. The SMILES string of the molecule is Cc1ccc(CN(C)CC(O)COc2cc(-c3ccccc3F)nn2C)cc1C.O=C(O)/C=C/C(=O)O. The van der Waals surface area contributed by atoms with Gasteiger partial charge in [-0.1, -0.05) is 30.3 Å². The average Bonchev–Trinajstić information content (AvgIpc) is 3.19. The number of ether oxygens (including phenoxy) is 1. The fourth-order valence-electron chi connectivity index (χ4n) is 3.40. The van der Waals surface area contributed by atoms with Crippen molar-refractivity contribution in [2.24, 2.45) is 7.05 Å². The van der Waals surface area contributed by atoms with Crippen LogP contribution in [0.15, 0.2) is 60.7 Å². The number of hydrogen-bond acceptors (Lipinski definition) is 6. The van der Waals surface area contributed by atoms with Gasteiger partial charge in [-0.3, -0.25) is 4.90 Å². The minimum Gasteiger partial charge on any atom is -0.478 e. The lowest BCUT2D eigenvalue weighted by Gasteiger charge is -2.21. The fourth-order valence-corrected chi connectivity index (χ4v) is 3.40. The van der Waals surface area contributed by atoms with Gasteiger partial charge in [0.1, 0.15) is 18.5 Å². The topological polar surface area (TPSA) is 125 Å². The zero-order valence-electron chi connectivity index (χ0n) is 21.3. The highest BCUT2D eigenvalue weighted by Crippen LogP contribution is 2.25. The predicted molar refractivity (Wildman–Crippen MR) is 137 cm³/mol. The Labute approximate surface area is 215 Å². The van der Waals surface area contributed by atoms with E-state index in [0.717, 1.165) is 6.54 Å². The molecule has 37 heavy (non-hydrogen) atoms. The Bertz CT molecular complexity index is 1220. The van der Waals surface area contributed by atoms with E-state index in [-0.39, 0.29) is 12.4 Å². The standard InChI is InChI=1S/C23H28FN3O2.C4H4O4/c1-16-9-10-18(11-17(16)2)13-26(3)14-19(28)15-29-23-12-22(25-27(23)4)20-7-5-6-8-21(20)24;5-3(6)1-2-4(7)8/h5-12,19,28H,13-15H2,1-4H3;1-2H,(H,5,6)(H,7,8)/b;2-1+. The lowest BCUT2D eigenvalue weighted by atomic mass is 10.1. The second-order valence-corrected chi connectivity index (χ2v) is 8.56. The number of carbonyl (C=O) groups is 2. The van der Waals surface area contributed by atoms with Crippen molar-refractivity contribution in [3.05, 3.63) is 83.2 Å². The summed E-state index contributed by atoms with van der Waals surface area (Å²) in [6.45, 7) is 5.56. The van der Waals surface area contributed by atoms with Crippen LogP contribution in [-0.2, 0) is 23.2 Å². The largest absolute Gasteiger partial charge is 0.478 e. The Morgan fingerprint density at radius 1 is 1.08 bits per heavy atom. The second kappa shape index (κ2) is 13.9. The fraction of sp³-hybridized carbons (Fsp3) is 0.296. The van der Waals surface area contributed by atoms with Gasteiger partial charge >= 0.3 is 11.9 Å². The van der Waals surface area contributed by atoms with Crippen LogP contribution in [0, 0.1) is 19.7 Å². The highest BCUT2D eigenvalue weighted by atomic mass is 19.1. The zero-order valence-corrected chi connectivity index (χ0v) is 21.3. The number of benzene rings is 2. The van der Waals surface area contributed by atoms with Crippen molar-refractivity contribution in [3.8, 4) is 17.1 Å². The number of aliphatic hydroxyl groups excluding tert-OH is 1. The van der Waals surface area contributed by atoms with E-state index in [1.54, 1.807) is 36.0 Å². The minimum absolute atomic E-state index is 0.132. The van der Waals surface area contributed by atoms with E-state index in [9.17, 15) is 19.1 Å². The lowest BCUT2D eigenvalue weighted by Crippen LogP contribution is -2.33. The van der Waals surface area contributed by atoms with Crippen LogP contribution < -0.4 is 4.74 Å². The maximum Gasteiger partial charge on any atom is 0.328 e. The van der Waals surface area contributed by atoms with Gasteiger partial charge in [0.05, 0.1) is 5.69 Å². The molecular weight excluding hydrogens is 481 g/mol. The molecule has 3 aromatic rings. The Hall–Kier alpha value is -4.02. The summed E-state index contributed by atoms with van der Waals surface area (Å²) in [6.07, 6.45) is 0.461. The number of aliphatic hydroxyl groups is 1. The third kappa shape index (κ3) is 9.86. The number of aliphatic carboxylic acids is 2. The van der Waals surface area contributed by atoms with Crippen molar-refractivity contribution in [1.82, 2.24) is 14.7 Å². The van der Waals surface area contributed by atoms with Gasteiger partial charge in [-0.2, -0.15) is 5.10 Å².